The summed E-state index contributed by atoms with van der Waals surface area (Å²) in [5.41, 5.74) is 2.09. The Kier molecular flexibility index (Phi) is 5.14. The first-order valence-electron chi connectivity index (χ1n) is 5.90. The van der Waals surface area contributed by atoms with Gasteiger partial charge in [0.2, 0.25) is 0 Å². The van der Waals surface area contributed by atoms with Gasteiger partial charge in [0.05, 0.1) is 7.79 Å². The lowest BCUT2D eigenvalue weighted by molar-refractivity contribution is -0.142. The van der Waals surface area contributed by atoms with E-state index in [9.17, 15) is 4.79 Å². The maximum atomic E-state index is 11.5. The summed E-state index contributed by atoms with van der Waals surface area (Å²) in [6.45, 7) is 3.88. The summed E-state index contributed by atoms with van der Waals surface area (Å²) in [6, 6.07) is 7.77. The van der Waals surface area contributed by atoms with E-state index < -0.39 is 10.8 Å². The molecule has 17 heavy (non-hydrogen) atoms. The van der Waals surface area contributed by atoms with Crippen molar-refractivity contribution in [3.05, 3.63) is 35.4 Å². The molecular weight excluding hydrogens is 259 g/mol. The molecule has 0 fully saturated rings. The molecule has 0 bridgehead atoms. The van der Waals surface area contributed by atoms with E-state index in [1.165, 1.54) is 5.56 Å². The van der Waals surface area contributed by atoms with Gasteiger partial charge >= 0.3 is 5.97 Å². The Balaban J connectivity index is 2.50. The van der Waals surface area contributed by atoms with Crippen LogP contribution < -0.4 is 0 Å². The molecule has 0 unspecified atom stereocenters. The fourth-order valence-electron chi connectivity index (χ4n) is 1.37. The summed E-state index contributed by atoms with van der Waals surface area (Å²) in [7, 11) is 0. The highest BCUT2D eigenvalue weighted by Gasteiger charge is 2.08. The van der Waals surface area contributed by atoms with Crippen LogP contribution in [0, 0.1) is 0 Å². The zero-order valence-corrected chi connectivity index (χ0v) is 11.4. The molecule has 1 aromatic rings. The molecule has 0 N–H and O–H groups in total. The van der Waals surface area contributed by atoms with Crippen LogP contribution in [0.25, 0.3) is 0 Å². The molecule has 0 amide bonds. The van der Waals surface area contributed by atoms with Gasteiger partial charge in [-0.15, -0.1) is 23.2 Å². The lowest BCUT2D eigenvalue weighted by Gasteiger charge is -2.07. The predicted molar refractivity (Wildman–Crippen MR) is 70.7 cm³/mol. The Bertz CT molecular complexity index is 396. The number of hydrogen-bond donors (Lipinski definition) is 0. The number of halogens is 2. The van der Waals surface area contributed by atoms with E-state index in [2.05, 4.69) is 13.8 Å². The zero-order valence-electron chi connectivity index (χ0n) is 10.9. The topological polar surface area (TPSA) is 26.3 Å². The number of carbonyl (C=O) groups is 1. The van der Waals surface area contributed by atoms with Crippen molar-refractivity contribution in [2.75, 3.05) is 6.61 Å². The second kappa shape index (κ2) is 6.87. The molecule has 0 heterocycles. The maximum Gasteiger partial charge on any atom is 0.310 e. The molecule has 0 aliphatic heterocycles. The number of hydrogen-bond acceptors (Lipinski definition) is 2. The van der Waals surface area contributed by atoms with Crippen molar-refractivity contribution in [3.63, 3.8) is 0 Å². The van der Waals surface area contributed by atoms with Crippen LogP contribution in [0.3, 0.4) is 0 Å². The van der Waals surface area contributed by atoms with E-state index in [1.807, 2.05) is 24.3 Å². The van der Waals surface area contributed by atoms with Gasteiger partial charge in [0, 0.05) is 0 Å². The molecule has 0 aromatic heterocycles. The summed E-state index contributed by atoms with van der Waals surface area (Å²) in [4.78, 5) is 9.67. The third kappa shape index (κ3) is 5.42. The second-order valence-corrected chi connectivity index (χ2v) is 5.18. The molecule has 1 aromatic carbocycles. The lowest BCUT2D eigenvalue weighted by Crippen LogP contribution is -2.12. The van der Waals surface area contributed by atoms with Crippen molar-refractivity contribution < 1.29 is 10.9 Å². The minimum Gasteiger partial charge on any atom is -0.463 e. The van der Waals surface area contributed by atoms with E-state index in [0.29, 0.717) is 5.92 Å². The average Bonchev–Trinajstić information content (AvgIpc) is 2.26. The van der Waals surface area contributed by atoms with Gasteiger partial charge in [-0.05, 0) is 17.0 Å². The van der Waals surface area contributed by atoms with Gasteiger partial charge in [0.25, 0.3) is 0 Å². The van der Waals surface area contributed by atoms with Crippen molar-refractivity contribution in [3.8, 4) is 0 Å². The predicted octanol–water partition coefficient (Wildman–Crippen LogP) is 3.70. The third-order valence-corrected chi connectivity index (χ3v) is 2.56. The number of esters is 1. The summed E-state index contributed by atoms with van der Waals surface area (Å²) >= 11 is 10.8. The maximum absolute atomic E-state index is 11.5. The van der Waals surface area contributed by atoms with E-state index in [-0.39, 0.29) is 13.0 Å². The van der Waals surface area contributed by atoms with Gasteiger partial charge in [0.1, 0.15) is 11.4 Å². The van der Waals surface area contributed by atoms with Gasteiger partial charge in [-0.1, -0.05) is 38.1 Å². The van der Waals surface area contributed by atoms with Crippen molar-refractivity contribution in [2.24, 2.45) is 0 Å². The molecular formula is C13H16Cl2O2. The Hall–Kier alpha value is -0.730. The third-order valence-electron chi connectivity index (χ3n) is 2.34. The minimum atomic E-state index is -1.78. The van der Waals surface area contributed by atoms with E-state index >= 15 is 0 Å². The molecule has 0 spiro atoms. The normalized spacial score (nSPS) is 12.4. The van der Waals surface area contributed by atoms with Crippen molar-refractivity contribution in [1.29, 1.82) is 0 Å². The number of benzene rings is 1. The Morgan fingerprint density at radius 1 is 1.35 bits per heavy atom. The molecule has 0 saturated heterocycles. The Morgan fingerprint density at radius 3 is 2.41 bits per heavy atom. The largest absolute Gasteiger partial charge is 0.463 e. The quantitative estimate of drug-likeness (QED) is 0.605. The molecule has 4 heteroatoms. The summed E-state index contributed by atoms with van der Waals surface area (Å²) in [5, 5.41) is 0. The van der Waals surface area contributed by atoms with Gasteiger partial charge < -0.3 is 4.74 Å². The highest BCUT2D eigenvalue weighted by molar-refractivity contribution is 6.44. The minimum absolute atomic E-state index is 0.155. The van der Waals surface area contributed by atoms with E-state index in [4.69, 9.17) is 29.3 Å². The second-order valence-electron chi connectivity index (χ2n) is 4.07. The first-order chi connectivity index (χ1) is 8.28. The molecule has 1 rings (SSSR count). The van der Waals surface area contributed by atoms with Crippen LogP contribution in [-0.2, 0) is 16.0 Å². The highest BCUT2D eigenvalue weighted by atomic mass is 35.5. The summed E-state index contributed by atoms with van der Waals surface area (Å²) in [5.74, 6) is 0.0210. The fraction of sp³-hybridized carbons (Fsp3) is 0.462. The van der Waals surface area contributed by atoms with Crippen LogP contribution >= 0.6 is 23.2 Å². The van der Waals surface area contributed by atoms with Crippen LogP contribution in [0.4, 0.5) is 0 Å². The van der Waals surface area contributed by atoms with Gasteiger partial charge in [-0.3, -0.25) is 4.79 Å². The fourth-order valence-corrected chi connectivity index (χ4v) is 1.48. The standard InChI is InChI=1S/C13H16Cl2O2/c1-9(2)11-5-3-10(4-6-11)7-13(16)17-8-12(14)15/h3-6,9,12H,7-8H2,1-2H3/i12D. The van der Waals surface area contributed by atoms with Crippen LogP contribution in [0.2, 0.25) is 0 Å². The van der Waals surface area contributed by atoms with E-state index in [1.54, 1.807) is 0 Å². The molecule has 0 radical (unpaired) electrons. The SMILES string of the molecule is [2H]C(Cl)(Cl)COC(=O)Cc1ccc(C(C)C)cc1. The number of ether oxygens (including phenoxy) is 1. The average molecular weight is 276 g/mol. The molecule has 0 saturated carbocycles. The van der Waals surface area contributed by atoms with Crippen LogP contribution in [-0.4, -0.2) is 17.4 Å². The van der Waals surface area contributed by atoms with Gasteiger partial charge in [-0.2, -0.15) is 0 Å². The number of alkyl halides is 2. The van der Waals surface area contributed by atoms with Gasteiger partial charge in [0.15, 0.2) is 0 Å². The van der Waals surface area contributed by atoms with E-state index in [0.717, 1.165) is 5.56 Å². The summed E-state index contributed by atoms with van der Waals surface area (Å²) in [6.07, 6.45) is 0.155. The molecule has 0 aliphatic carbocycles. The van der Waals surface area contributed by atoms with Crippen LogP contribution in [0.15, 0.2) is 24.3 Å². The van der Waals surface area contributed by atoms with Crippen molar-refractivity contribution in [1.82, 2.24) is 0 Å². The first-order valence-corrected chi connectivity index (χ1v) is 6.16. The number of carbonyl (C=O) groups excluding carboxylic acids is 1. The molecule has 0 atom stereocenters. The van der Waals surface area contributed by atoms with Crippen molar-refractivity contribution in [2.45, 2.75) is 31.0 Å². The smallest absolute Gasteiger partial charge is 0.310 e. The number of rotatable bonds is 5. The molecule has 0 aliphatic rings. The Labute approximate surface area is 113 Å². The highest BCUT2D eigenvalue weighted by Crippen LogP contribution is 2.15. The van der Waals surface area contributed by atoms with Crippen LogP contribution in [0.5, 0.6) is 0 Å². The first kappa shape index (κ1) is 12.7. The zero-order chi connectivity index (χ0) is 13.8. The molecule has 94 valence electrons. The summed E-state index contributed by atoms with van der Waals surface area (Å²) < 4.78 is 11.9. The van der Waals surface area contributed by atoms with Crippen molar-refractivity contribution >= 4 is 29.2 Å². The molecule has 2 nitrogen and oxygen atoms in total. The monoisotopic (exact) mass is 275 g/mol. The lowest BCUT2D eigenvalue weighted by atomic mass is 10.0. The van der Waals surface area contributed by atoms with Gasteiger partial charge in [-0.25, -0.2) is 0 Å². The Morgan fingerprint density at radius 2 is 1.94 bits per heavy atom. The van der Waals surface area contributed by atoms with Crippen LogP contribution in [0.1, 0.15) is 32.3 Å².